The zero-order valence-electron chi connectivity index (χ0n) is 11.9. The van der Waals surface area contributed by atoms with E-state index in [4.69, 9.17) is 19.9 Å². The third kappa shape index (κ3) is 4.92. The number of primary amides is 1. The molecule has 1 amide bonds. The van der Waals surface area contributed by atoms with Gasteiger partial charge in [-0.25, -0.2) is 4.79 Å². The van der Waals surface area contributed by atoms with Crippen molar-refractivity contribution in [2.75, 3.05) is 13.9 Å². The summed E-state index contributed by atoms with van der Waals surface area (Å²) < 4.78 is 17.0. The van der Waals surface area contributed by atoms with Crippen LogP contribution in [0.2, 0.25) is 0 Å². The van der Waals surface area contributed by atoms with E-state index in [1.807, 2.05) is 38.1 Å². The molecule has 0 aliphatic carbocycles. The second-order valence-corrected chi connectivity index (χ2v) is 6.08. The number of rotatable bonds is 7. The molecular formula is C14H20INO4. The number of amides is 1. The van der Waals surface area contributed by atoms with Crippen LogP contribution < -0.4 is 5.73 Å². The fraction of sp³-hybridized carbons (Fsp3) is 0.500. The van der Waals surface area contributed by atoms with Crippen molar-refractivity contribution in [1.82, 2.24) is 0 Å². The predicted octanol–water partition coefficient (Wildman–Crippen LogP) is 3.21. The van der Waals surface area contributed by atoms with Gasteiger partial charge in [-0.05, 0) is 40.6 Å². The van der Waals surface area contributed by atoms with Crippen LogP contribution in [0, 0.1) is 9.49 Å². The Kier molecular flexibility index (Phi) is 6.70. The number of methoxy groups -OCH3 is 1. The summed E-state index contributed by atoms with van der Waals surface area (Å²) in [5.74, 6) is -0.985. The smallest absolute Gasteiger partial charge is 0.407 e. The lowest BCUT2D eigenvalue weighted by Gasteiger charge is -2.34. The summed E-state index contributed by atoms with van der Waals surface area (Å²) >= 11 is 2.19. The summed E-state index contributed by atoms with van der Waals surface area (Å²) in [6.07, 6.45) is -0.389. The minimum Gasteiger partial charge on any atom is -0.412 e. The van der Waals surface area contributed by atoms with Crippen molar-refractivity contribution >= 4 is 28.7 Å². The molecule has 1 aromatic carbocycles. The molecule has 1 aromatic rings. The molecule has 0 fully saturated rings. The number of benzene rings is 1. The van der Waals surface area contributed by atoms with Gasteiger partial charge in [-0.15, -0.1) is 0 Å². The molecule has 2 N–H and O–H groups in total. The van der Waals surface area contributed by atoms with Crippen LogP contribution in [0.3, 0.4) is 0 Å². The van der Waals surface area contributed by atoms with E-state index < -0.39 is 11.9 Å². The van der Waals surface area contributed by atoms with Crippen molar-refractivity contribution in [2.24, 2.45) is 11.7 Å². The number of hydrogen-bond donors (Lipinski definition) is 1. The number of hydrogen-bond acceptors (Lipinski definition) is 4. The first-order valence-electron chi connectivity index (χ1n) is 6.27. The Labute approximate surface area is 132 Å². The first kappa shape index (κ1) is 17.2. The standard InChI is InChI=1S/C14H20INO4/c1-10(2)8-14(19-9-18-3,20-13(16)17)11-5-4-6-12(15)7-11/h4-7,10H,8-9H2,1-3H3,(H2,16,17)/t14-/m1/s1. The Morgan fingerprint density at radius 2 is 2.15 bits per heavy atom. The summed E-state index contributed by atoms with van der Waals surface area (Å²) in [6, 6.07) is 7.59. The number of carbonyl (C=O) groups is 1. The molecule has 0 spiro atoms. The summed E-state index contributed by atoms with van der Waals surface area (Å²) in [4.78, 5) is 11.3. The van der Waals surface area contributed by atoms with Gasteiger partial charge in [0, 0.05) is 22.7 Å². The van der Waals surface area contributed by atoms with Crippen LogP contribution in [-0.4, -0.2) is 20.0 Å². The molecule has 6 heteroatoms. The number of nitrogens with two attached hydrogens (primary N) is 1. The fourth-order valence-corrected chi connectivity index (χ4v) is 2.51. The van der Waals surface area contributed by atoms with Crippen LogP contribution in [0.4, 0.5) is 4.79 Å². The number of carbonyl (C=O) groups excluding carboxylic acids is 1. The van der Waals surface area contributed by atoms with E-state index in [1.165, 1.54) is 7.11 Å². The van der Waals surface area contributed by atoms with Crippen molar-refractivity contribution in [3.05, 3.63) is 33.4 Å². The molecule has 0 radical (unpaired) electrons. The van der Waals surface area contributed by atoms with Gasteiger partial charge in [0.15, 0.2) is 6.79 Å². The minimum atomic E-state index is -1.23. The van der Waals surface area contributed by atoms with Crippen LogP contribution >= 0.6 is 22.6 Å². The summed E-state index contributed by atoms with van der Waals surface area (Å²) in [5, 5.41) is 0. The van der Waals surface area contributed by atoms with E-state index >= 15 is 0 Å². The quantitative estimate of drug-likeness (QED) is 0.571. The maximum Gasteiger partial charge on any atom is 0.407 e. The van der Waals surface area contributed by atoms with E-state index in [2.05, 4.69) is 22.6 Å². The maximum atomic E-state index is 11.3. The highest BCUT2D eigenvalue weighted by Gasteiger charge is 2.38. The molecule has 1 atom stereocenters. The van der Waals surface area contributed by atoms with Crippen molar-refractivity contribution in [3.63, 3.8) is 0 Å². The van der Waals surface area contributed by atoms with Crippen LogP contribution in [-0.2, 0) is 20.0 Å². The molecule has 0 aromatic heterocycles. The molecule has 0 unspecified atom stereocenters. The molecule has 0 aliphatic rings. The predicted molar refractivity (Wildman–Crippen MR) is 83.9 cm³/mol. The average molecular weight is 393 g/mol. The average Bonchev–Trinajstić information content (AvgIpc) is 2.34. The molecular weight excluding hydrogens is 373 g/mol. The Hall–Kier alpha value is -0.860. The molecule has 112 valence electrons. The van der Waals surface area contributed by atoms with Gasteiger partial charge in [0.25, 0.3) is 0 Å². The first-order valence-corrected chi connectivity index (χ1v) is 7.35. The summed E-state index contributed by atoms with van der Waals surface area (Å²) in [7, 11) is 1.51. The van der Waals surface area contributed by atoms with Crippen molar-refractivity contribution in [1.29, 1.82) is 0 Å². The van der Waals surface area contributed by atoms with Crippen molar-refractivity contribution in [3.8, 4) is 0 Å². The van der Waals surface area contributed by atoms with E-state index in [1.54, 1.807) is 0 Å². The lowest BCUT2D eigenvalue weighted by molar-refractivity contribution is -0.255. The minimum absolute atomic E-state index is 0.00543. The SMILES string of the molecule is COCO[C@](CC(C)C)(OC(N)=O)c1cccc(I)c1. The normalized spacial score (nSPS) is 14.1. The van der Waals surface area contributed by atoms with E-state index in [0.717, 1.165) is 9.13 Å². The van der Waals surface area contributed by atoms with Crippen LogP contribution in [0.5, 0.6) is 0 Å². The van der Waals surface area contributed by atoms with Crippen LogP contribution in [0.15, 0.2) is 24.3 Å². The van der Waals surface area contributed by atoms with Gasteiger partial charge in [-0.2, -0.15) is 0 Å². The highest BCUT2D eigenvalue weighted by atomic mass is 127. The largest absolute Gasteiger partial charge is 0.412 e. The lowest BCUT2D eigenvalue weighted by atomic mass is 9.95. The van der Waals surface area contributed by atoms with Gasteiger partial charge in [0.2, 0.25) is 5.79 Å². The Bertz CT molecular complexity index is 453. The van der Waals surface area contributed by atoms with Gasteiger partial charge in [-0.1, -0.05) is 26.0 Å². The maximum absolute atomic E-state index is 11.3. The van der Waals surface area contributed by atoms with Crippen molar-refractivity contribution < 1.29 is 19.0 Å². The van der Waals surface area contributed by atoms with Gasteiger partial charge < -0.3 is 19.9 Å². The highest BCUT2D eigenvalue weighted by Crippen LogP contribution is 2.35. The third-order valence-corrected chi connectivity index (χ3v) is 3.29. The summed E-state index contributed by atoms with van der Waals surface area (Å²) in [5.41, 5.74) is 5.96. The molecule has 0 aliphatic heterocycles. The number of halogens is 1. The van der Waals surface area contributed by atoms with Gasteiger partial charge in [0.1, 0.15) is 0 Å². The summed E-state index contributed by atoms with van der Waals surface area (Å²) in [6.45, 7) is 4.04. The zero-order valence-corrected chi connectivity index (χ0v) is 14.0. The van der Waals surface area contributed by atoms with Gasteiger partial charge >= 0.3 is 6.09 Å². The van der Waals surface area contributed by atoms with Gasteiger partial charge in [-0.3, -0.25) is 0 Å². The Morgan fingerprint density at radius 3 is 2.65 bits per heavy atom. The van der Waals surface area contributed by atoms with Crippen molar-refractivity contribution in [2.45, 2.75) is 26.1 Å². The first-order chi connectivity index (χ1) is 9.39. The van der Waals surface area contributed by atoms with E-state index in [9.17, 15) is 4.79 Å². The lowest BCUT2D eigenvalue weighted by Crippen LogP contribution is -2.39. The molecule has 0 heterocycles. The van der Waals surface area contributed by atoms with Gasteiger partial charge in [0.05, 0.1) is 0 Å². The Balaban J connectivity index is 3.22. The Morgan fingerprint density at radius 1 is 1.45 bits per heavy atom. The molecule has 0 saturated heterocycles. The zero-order chi connectivity index (χ0) is 15.2. The van der Waals surface area contributed by atoms with E-state index in [0.29, 0.717) is 6.42 Å². The second-order valence-electron chi connectivity index (χ2n) is 4.83. The molecule has 0 bridgehead atoms. The molecule has 0 saturated carbocycles. The monoisotopic (exact) mass is 393 g/mol. The van der Waals surface area contributed by atoms with Crippen LogP contribution in [0.1, 0.15) is 25.8 Å². The second kappa shape index (κ2) is 7.80. The highest BCUT2D eigenvalue weighted by molar-refractivity contribution is 14.1. The molecule has 5 nitrogen and oxygen atoms in total. The molecule has 20 heavy (non-hydrogen) atoms. The molecule has 1 rings (SSSR count). The van der Waals surface area contributed by atoms with E-state index in [-0.39, 0.29) is 12.7 Å². The van der Waals surface area contributed by atoms with Crippen LogP contribution in [0.25, 0.3) is 0 Å². The topological polar surface area (TPSA) is 70.8 Å². The fourth-order valence-electron chi connectivity index (χ4n) is 1.97. The number of ether oxygens (including phenoxy) is 3. The third-order valence-electron chi connectivity index (χ3n) is 2.62.